The second-order valence-electron chi connectivity index (χ2n) is 3.97. The van der Waals surface area contributed by atoms with Crippen molar-refractivity contribution in [3.05, 3.63) is 51.8 Å². The van der Waals surface area contributed by atoms with Gasteiger partial charge in [0.05, 0.1) is 17.4 Å². The first-order valence-electron chi connectivity index (χ1n) is 5.44. The van der Waals surface area contributed by atoms with Crippen molar-refractivity contribution in [2.24, 2.45) is 0 Å². The molecule has 0 aliphatic carbocycles. The average molecular weight is 286 g/mol. The van der Waals surface area contributed by atoms with Gasteiger partial charge in [0.1, 0.15) is 11.4 Å². The van der Waals surface area contributed by atoms with Gasteiger partial charge in [0, 0.05) is 6.20 Å². The molecule has 5 nitrogen and oxygen atoms in total. The van der Waals surface area contributed by atoms with Gasteiger partial charge in [-0.3, -0.25) is 9.59 Å². The van der Waals surface area contributed by atoms with E-state index in [1.807, 2.05) is 4.98 Å². The van der Waals surface area contributed by atoms with Gasteiger partial charge in [-0.1, -0.05) is 0 Å². The molecule has 0 unspecified atom stereocenters. The molecule has 2 aromatic rings. The van der Waals surface area contributed by atoms with Crippen LogP contribution in [-0.2, 0) is 6.18 Å². The number of H-pyrrole nitrogens is 1. The highest BCUT2D eigenvalue weighted by Gasteiger charge is 2.31. The summed E-state index contributed by atoms with van der Waals surface area (Å²) in [5.41, 5.74) is -2.23. The molecule has 0 saturated carbocycles. The summed E-state index contributed by atoms with van der Waals surface area (Å²) in [5.74, 6) is -0.424. The predicted octanol–water partition coefficient (Wildman–Crippen LogP) is 2.55. The Morgan fingerprint density at radius 2 is 2.10 bits per heavy atom. The zero-order valence-corrected chi connectivity index (χ0v) is 10.2. The summed E-state index contributed by atoms with van der Waals surface area (Å²) in [7, 11) is 0. The number of aromatic amines is 1. The summed E-state index contributed by atoms with van der Waals surface area (Å²) in [6.07, 6.45) is -2.81. The molecule has 2 heterocycles. The summed E-state index contributed by atoms with van der Waals surface area (Å²) in [4.78, 5) is 25.2. The van der Waals surface area contributed by atoms with Gasteiger partial charge in [-0.05, 0) is 19.1 Å². The SMILES string of the molecule is Cc1occc1C(=O)Nc1cc(C(F)(F)F)c[nH]c1=O. The largest absolute Gasteiger partial charge is 0.469 e. The molecular formula is C12H9F3N2O3. The molecule has 20 heavy (non-hydrogen) atoms. The molecule has 0 aliphatic heterocycles. The maximum Gasteiger partial charge on any atom is 0.417 e. The van der Waals surface area contributed by atoms with Crippen molar-refractivity contribution in [3.63, 3.8) is 0 Å². The van der Waals surface area contributed by atoms with Crippen molar-refractivity contribution >= 4 is 11.6 Å². The number of hydrogen-bond donors (Lipinski definition) is 2. The van der Waals surface area contributed by atoms with Crippen LogP contribution in [0, 0.1) is 6.92 Å². The third-order valence-electron chi connectivity index (χ3n) is 2.58. The molecule has 0 atom stereocenters. The third kappa shape index (κ3) is 2.73. The summed E-state index contributed by atoms with van der Waals surface area (Å²) < 4.78 is 42.5. The second kappa shape index (κ2) is 4.87. The number of anilines is 1. The van der Waals surface area contributed by atoms with Gasteiger partial charge >= 0.3 is 6.18 Å². The first kappa shape index (κ1) is 13.9. The van der Waals surface area contributed by atoms with Gasteiger partial charge in [-0.15, -0.1) is 0 Å². The lowest BCUT2D eigenvalue weighted by molar-refractivity contribution is -0.137. The fourth-order valence-corrected chi connectivity index (χ4v) is 1.55. The monoisotopic (exact) mass is 286 g/mol. The second-order valence-corrected chi connectivity index (χ2v) is 3.97. The highest BCUT2D eigenvalue weighted by Crippen LogP contribution is 2.29. The first-order valence-corrected chi connectivity index (χ1v) is 5.44. The van der Waals surface area contributed by atoms with E-state index in [-0.39, 0.29) is 5.56 Å². The fraction of sp³-hybridized carbons (Fsp3) is 0.167. The van der Waals surface area contributed by atoms with Gasteiger partial charge in [-0.2, -0.15) is 13.2 Å². The van der Waals surface area contributed by atoms with Crippen molar-refractivity contribution in [2.45, 2.75) is 13.1 Å². The van der Waals surface area contributed by atoms with Crippen LogP contribution in [0.15, 0.2) is 33.8 Å². The number of carbonyl (C=O) groups excluding carboxylic acids is 1. The van der Waals surface area contributed by atoms with E-state index in [2.05, 4.69) is 5.32 Å². The summed E-state index contributed by atoms with van der Waals surface area (Å²) in [6.45, 7) is 1.52. The number of alkyl halides is 3. The van der Waals surface area contributed by atoms with E-state index in [1.165, 1.54) is 19.3 Å². The summed E-state index contributed by atoms with van der Waals surface area (Å²) >= 11 is 0. The number of amides is 1. The van der Waals surface area contributed by atoms with Crippen molar-refractivity contribution in [1.82, 2.24) is 4.98 Å². The average Bonchev–Trinajstić information content (AvgIpc) is 2.77. The van der Waals surface area contributed by atoms with Crippen molar-refractivity contribution in [2.75, 3.05) is 5.32 Å². The van der Waals surface area contributed by atoms with Crippen LogP contribution in [0.25, 0.3) is 0 Å². The Bertz CT molecular complexity index is 700. The van der Waals surface area contributed by atoms with E-state index in [0.29, 0.717) is 18.0 Å². The Kier molecular flexibility index (Phi) is 3.39. The lowest BCUT2D eigenvalue weighted by Crippen LogP contribution is -2.21. The molecule has 0 saturated heterocycles. The summed E-state index contributed by atoms with van der Waals surface area (Å²) in [6, 6.07) is 1.93. The molecule has 8 heteroatoms. The molecule has 106 valence electrons. The van der Waals surface area contributed by atoms with Crippen LogP contribution < -0.4 is 10.9 Å². The van der Waals surface area contributed by atoms with Crippen LogP contribution in [0.1, 0.15) is 21.7 Å². The van der Waals surface area contributed by atoms with Crippen LogP contribution >= 0.6 is 0 Å². The number of pyridine rings is 1. The van der Waals surface area contributed by atoms with Crippen LogP contribution in [0.5, 0.6) is 0 Å². The fourth-order valence-electron chi connectivity index (χ4n) is 1.55. The number of rotatable bonds is 2. The lowest BCUT2D eigenvalue weighted by Gasteiger charge is -2.08. The number of aromatic nitrogens is 1. The van der Waals surface area contributed by atoms with E-state index in [0.717, 1.165) is 0 Å². The topological polar surface area (TPSA) is 75.1 Å². The number of hydrogen-bond acceptors (Lipinski definition) is 3. The molecule has 0 spiro atoms. The Hall–Kier alpha value is -2.51. The van der Waals surface area contributed by atoms with Gasteiger partial charge in [0.25, 0.3) is 11.5 Å². The minimum Gasteiger partial charge on any atom is -0.469 e. The van der Waals surface area contributed by atoms with Crippen LogP contribution in [0.3, 0.4) is 0 Å². The molecule has 0 aromatic carbocycles. The molecule has 2 rings (SSSR count). The van der Waals surface area contributed by atoms with Gasteiger partial charge in [-0.25, -0.2) is 0 Å². The van der Waals surface area contributed by atoms with Gasteiger partial charge in [0.15, 0.2) is 0 Å². The first-order chi connectivity index (χ1) is 9.29. The van der Waals surface area contributed by atoms with Crippen LogP contribution in [0.4, 0.5) is 18.9 Å². The zero-order valence-electron chi connectivity index (χ0n) is 10.2. The minimum atomic E-state index is -4.62. The van der Waals surface area contributed by atoms with E-state index in [1.54, 1.807) is 0 Å². The molecule has 1 amide bonds. The number of aryl methyl sites for hydroxylation is 1. The highest BCUT2D eigenvalue weighted by atomic mass is 19.4. The van der Waals surface area contributed by atoms with Crippen LogP contribution in [0.2, 0.25) is 0 Å². The smallest absolute Gasteiger partial charge is 0.417 e. The third-order valence-corrected chi connectivity index (χ3v) is 2.58. The van der Waals surface area contributed by atoms with Crippen molar-refractivity contribution in [3.8, 4) is 0 Å². The van der Waals surface area contributed by atoms with Crippen molar-refractivity contribution < 1.29 is 22.4 Å². The Labute approximate surface area is 110 Å². The van der Waals surface area contributed by atoms with E-state index in [9.17, 15) is 22.8 Å². The molecule has 0 bridgehead atoms. The Balaban J connectivity index is 2.32. The van der Waals surface area contributed by atoms with E-state index >= 15 is 0 Å². The van der Waals surface area contributed by atoms with E-state index < -0.39 is 28.9 Å². The number of carbonyl (C=O) groups is 1. The van der Waals surface area contributed by atoms with Gasteiger partial charge in [0.2, 0.25) is 0 Å². The minimum absolute atomic E-state index is 0.141. The quantitative estimate of drug-likeness (QED) is 0.890. The Morgan fingerprint density at radius 3 is 2.65 bits per heavy atom. The lowest BCUT2D eigenvalue weighted by atomic mass is 10.2. The number of furan rings is 1. The Morgan fingerprint density at radius 1 is 1.40 bits per heavy atom. The predicted molar refractivity (Wildman–Crippen MR) is 63.5 cm³/mol. The van der Waals surface area contributed by atoms with Gasteiger partial charge < -0.3 is 14.7 Å². The van der Waals surface area contributed by atoms with E-state index in [4.69, 9.17) is 4.42 Å². The molecular weight excluding hydrogens is 277 g/mol. The molecule has 0 radical (unpaired) electrons. The maximum absolute atomic E-state index is 12.5. The molecule has 0 aliphatic rings. The maximum atomic E-state index is 12.5. The standard InChI is InChI=1S/C12H9F3N2O3/c1-6-8(2-3-20-6)10(18)17-9-4-7(12(13,14)15)5-16-11(9)19/h2-5H,1H3,(H,16,19)(H,17,18). The zero-order chi connectivity index (χ0) is 14.9. The molecule has 2 aromatic heterocycles. The summed E-state index contributed by atoms with van der Waals surface area (Å²) in [5, 5.41) is 2.12. The van der Waals surface area contributed by atoms with Crippen LogP contribution in [-0.4, -0.2) is 10.9 Å². The van der Waals surface area contributed by atoms with Crippen molar-refractivity contribution in [1.29, 1.82) is 0 Å². The highest BCUT2D eigenvalue weighted by molar-refractivity contribution is 6.04. The normalized spacial score (nSPS) is 11.4. The number of halogens is 3. The molecule has 0 fully saturated rings. The molecule has 2 N–H and O–H groups in total. The number of nitrogens with one attached hydrogen (secondary N) is 2.